The van der Waals surface area contributed by atoms with E-state index >= 15 is 0 Å². The van der Waals surface area contributed by atoms with Crippen LogP contribution in [-0.2, 0) is 17.8 Å². The number of morpholine rings is 1. The van der Waals surface area contributed by atoms with Crippen LogP contribution in [-0.4, -0.2) is 52.0 Å². The van der Waals surface area contributed by atoms with E-state index in [9.17, 15) is 0 Å². The minimum absolute atomic E-state index is 0.159. The molecule has 0 spiro atoms. The Morgan fingerprint density at radius 1 is 1.59 bits per heavy atom. The first-order chi connectivity index (χ1) is 8.33. The van der Waals surface area contributed by atoms with Crippen molar-refractivity contribution >= 4 is 0 Å². The van der Waals surface area contributed by atoms with Gasteiger partial charge in [-0.05, 0) is 6.42 Å². The molecule has 1 aliphatic rings. The third kappa shape index (κ3) is 3.24. The van der Waals surface area contributed by atoms with Crippen molar-refractivity contribution in [3.63, 3.8) is 0 Å². The highest BCUT2D eigenvalue weighted by molar-refractivity contribution is 4.86. The summed E-state index contributed by atoms with van der Waals surface area (Å²) in [7, 11) is 0. The monoisotopic (exact) mass is 239 g/mol. The standard InChI is InChI=1S/C11H21N5O/c1-2-3-16-11(13-9-14-16)8-15-4-5-17-10(6-12)7-15/h9-10H,2-8,12H2,1H3. The summed E-state index contributed by atoms with van der Waals surface area (Å²) in [5, 5.41) is 4.23. The number of aromatic nitrogens is 3. The van der Waals surface area contributed by atoms with E-state index in [4.69, 9.17) is 10.5 Å². The zero-order chi connectivity index (χ0) is 12.1. The Morgan fingerprint density at radius 2 is 2.47 bits per heavy atom. The maximum Gasteiger partial charge on any atom is 0.141 e. The first-order valence-corrected chi connectivity index (χ1v) is 6.24. The Balaban J connectivity index is 1.93. The number of aryl methyl sites for hydroxylation is 1. The molecule has 1 aliphatic heterocycles. The number of hydrogen-bond donors (Lipinski definition) is 1. The SMILES string of the molecule is CCCn1ncnc1CN1CCOC(CN)C1. The molecule has 2 heterocycles. The van der Waals surface area contributed by atoms with Crippen molar-refractivity contribution in [3.05, 3.63) is 12.2 Å². The average molecular weight is 239 g/mol. The first kappa shape index (κ1) is 12.5. The van der Waals surface area contributed by atoms with Crippen LogP contribution in [0, 0.1) is 0 Å². The van der Waals surface area contributed by atoms with Gasteiger partial charge in [-0.15, -0.1) is 0 Å². The minimum atomic E-state index is 0.159. The number of ether oxygens (including phenoxy) is 1. The number of hydrogen-bond acceptors (Lipinski definition) is 5. The normalized spacial score (nSPS) is 21.9. The van der Waals surface area contributed by atoms with E-state index in [0.29, 0.717) is 6.54 Å². The van der Waals surface area contributed by atoms with Crippen molar-refractivity contribution in [2.24, 2.45) is 5.73 Å². The molecule has 1 atom stereocenters. The Kier molecular flexibility index (Phi) is 4.47. The maximum atomic E-state index is 5.63. The van der Waals surface area contributed by atoms with Gasteiger partial charge in [-0.25, -0.2) is 9.67 Å². The van der Waals surface area contributed by atoms with Crippen LogP contribution in [0.1, 0.15) is 19.2 Å². The van der Waals surface area contributed by atoms with Crippen LogP contribution in [0.3, 0.4) is 0 Å². The second kappa shape index (κ2) is 6.09. The van der Waals surface area contributed by atoms with Gasteiger partial charge in [0.1, 0.15) is 12.2 Å². The number of nitrogens with zero attached hydrogens (tertiary/aromatic N) is 4. The molecule has 2 rings (SSSR count). The molecule has 1 aromatic rings. The summed E-state index contributed by atoms with van der Waals surface area (Å²) in [5.74, 6) is 1.03. The fourth-order valence-corrected chi connectivity index (χ4v) is 2.08. The Bertz CT molecular complexity index is 340. The summed E-state index contributed by atoms with van der Waals surface area (Å²) in [6, 6.07) is 0. The predicted molar refractivity (Wildman–Crippen MR) is 64.4 cm³/mol. The van der Waals surface area contributed by atoms with Crippen molar-refractivity contribution in [1.82, 2.24) is 19.7 Å². The molecular weight excluding hydrogens is 218 g/mol. The van der Waals surface area contributed by atoms with Gasteiger partial charge in [0.15, 0.2) is 0 Å². The summed E-state index contributed by atoms with van der Waals surface area (Å²) in [4.78, 5) is 6.65. The molecule has 1 aromatic heterocycles. The van der Waals surface area contributed by atoms with Gasteiger partial charge in [0.2, 0.25) is 0 Å². The minimum Gasteiger partial charge on any atom is -0.374 e. The van der Waals surface area contributed by atoms with E-state index in [-0.39, 0.29) is 6.10 Å². The second-order valence-electron chi connectivity index (χ2n) is 4.36. The molecule has 6 nitrogen and oxygen atoms in total. The van der Waals surface area contributed by atoms with Gasteiger partial charge < -0.3 is 10.5 Å². The zero-order valence-electron chi connectivity index (χ0n) is 10.4. The van der Waals surface area contributed by atoms with Crippen molar-refractivity contribution < 1.29 is 4.74 Å². The molecule has 6 heteroatoms. The first-order valence-electron chi connectivity index (χ1n) is 6.24. The zero-order valence-corrected chi connectivity index (χ0v) is 10.4. The fourth-order valence-electron chi connectivity index (χ4n) is 2.08. The Morgan fingerprint density at radius 3 is 3.24 bits per heavy atom. The highest BCUT2D eigenvalue weighted by Crippen LogP contribution is 2.08. The molecule has 0 radical (unpaired) electrons. The van der Waals surface area contributed by atoms with Gasteiger partial charge in [0.25, 0.3) is 0 Å². The lowest BCUT2D eigenvalue weighted by atomic mass is 10.2. The lowest BCUT2D eigenvalue weighted by Crippen LogP contribution is -2.45. The molecule has 2 N–H and O–H groups in total. The largest absolute Gasteiger partial charge is 0.374 e. The van der Waals surface area contributed by atoms with Crippen LogP contribution in [0.5, 0.6) is 0 Å². The number of nitrogens with two attached hydrogens (primary N) is 1. The maximum absolute atomic E-state index is 5.63. The molecular formula is C11H21N5O. The van der Waals surface area contributed by atoms with E-state index in [2.05, 4.69) is 21.9 Å². The summed E-state index contributed by atoms with van der Waals surface area (Å²) in [6.07, 6.45) is 2.86. The van der Waals surface area contributed by atoms with Crippen molar-refractivity contribution in [2.75, 3.05) is 26.2 Å². The molecule has 0 aliphatic carbocycles. The quantitative estimate of drug-likeness (QED) is 0.773. The highest BCUT2D eigenvalue weighted by atomic mass is 16.5. The summed E-state index contributed by atoms with van der Waals surface area (Å²) >= 11 is 0. The van der Waals surface area contributed by atoms with E-state index < -0.39 is 0 Å². The molecule has 96 valence electrons. The van der Waals surface area contributed by atoms with Crippen LogP contribution in [0.2, 0.25) is 0 Å². The summed E-state index contributed by atoms with van der Waals surface area (Å²) < 4.78 is 7.52. The van der Waals surface area contributed by atoms with Gasteiger partial charge in [-0.2, -0.15) is 5.10 Å². The van der Waals surface area contributed by atoms with Crippen LogP contribution in [0.25, 0.3) is 0 Å². The van der Waals surface area contributed by atoms with Gasteiger partial charge in [0.05, 0.1) is 19.3 Å². The van der Waals surface area contributed by atoms with Crippen LogP contribution in [0.15, 0.2) is 6.33 Å². The molecule has 1 fully saturated rings. The van der Waals surface area contributed by atoms with E-state index in [1.54, 1.807) is 6.33 Å². The van der Waals surface area contributed by atoms with Gasteiger partial charge in [0, 0.05) is 26.2 Å². The topological polar surface area (TPSA) is 69.2 Å². The Labute approximate surface area is 102 Å². The molecule has 1 saturated heterocycles. The highest BCUT2D eigenvalue weighted by Gasteiger charge is 2.20. The van der Waals surface area contributed by atoms with Crippen molar-refractivity contribution in [3.8, 4) is 0 Å². The van der Waals surface area contributed by atoms with Crippen LogP contribution < -0.4 is 5.73 Å². The molecule has 0 bridgehead atoms. The van der Waals surface area contributed by atoms with E-state index in [1.165, 1.54) is 0 Å². The van der Waals surface area contributed by atoms with E-state index in [1.807, 2.05) is 4.68 Å². The lowest BCUT2D eigenvalue weighted by Gasteiger charge is -2.31. The van der Waals surface area contributed by atoms with Crippen molar-refractivity contribution in [2.45, 2.75) is 32.5 Å². The summed E-state index contributed by atoms with van der Waals surface area (Å²) in [6.45, 7) is 7.07. The van der Waals surface area contributed by atoms with Crippen LogP contribution >= 0.6 is 0 Å². The molecule has 17 heavy (non-hydrogen) atoms. The third-order valence-electron chi connectivity index (χ3n) is 2.98. The Hall–Kier alpha value is -0.980. The number of rotatable bonds is 5. The molecule has 0 saturated carbocycles. The molecule has 1 unspecified atom stereocenters. The van der Waals surface area contributed by atoms with Crippen molar-refractivity contribution in [1.29, 1.82) is 0 Å². The van der Waals surface area contributed by atoms with E-state index in [0.717, 1.165) is 45.0 Å². The molecule has 0 aromatic carbocycles. The van der Waals surface area contributed by atoms with Gasteiger partial charge >= 0.3 is 0 Å². The average Bonchev–Trinajstić information content (AvgIpc) is 2.78. The lowest BCUT2D eigenvalue weighted by molar-refractivity contribution is -0.0272. The fraction of sp³-hybridized carbons (Fsp3) is 0.818. The van der Waals surface area contributed by atoms with Gasteiger partial charge in [-0.3, -0.25) is 4.90 Å². The van der Waals surface area contributed by atoms with Gasteiger partial charge in [-0.1, -0.05) is 6.92 Å². The van der Waals surface area contributed by atoms with Crippen LogP contribution in [0.4, 0.5) is 0 Å². The summed E-state index contributed by atoms with van der Waals surface area (Å²) in [5.41, 5.74) is 5.63. The third-order valence-corrected chi connectivity index (χ3v) is 2.98. The smallest absolute Gasteiger partial charge is 0.141 e. The second-order valence-corrected chi connectivity index (χ2v) is 4.36. The predicted octanol–water partition coefficient (Wildman–Crippen LogP) is -0.152. The molecule has 0 amide bonds.